The Bertz CT molecular complexity index is 1230. The molecule has 1 N–H and O–H groups in total. The van der Waals surface area contributed by atoms with Crippen molar-refractivity contribution in [2.24, 2.45) is 0 Å². The highest BCUT2D eigenvalue weighted by Gasteiger charge is 2.34. The van der Waals surface area contributed by atoms with Gasteiger partial charge in [-0.2, -0.15) is 5.10 Å². The fourth-order valence-corrected chi connectivity index (χ4v) is 4.39. The predicted molar refractivity (Wildman–Crippen MR) is 127 cm³/mol. The Labute approximate surface area is 207 Å². The van der Waals surface area contributed by atoms with E-state index in [0.29, 0.717) is 35.8 Å². The average Bonchev–Trinajstić information content (AvgIpc) is 3.14. The Hall–Kier alpha value is -3.56. The number of aryl methyl sites for hydroxylation is 2. The summed E-state index contributed by atoms with van der Waals surface area (Å²) in [6.45, 7) is 4.22. The molecule has 0 unspecified atom stereocenters. The Morgan fingerprint density at radius 3 is 2.69 bits per heavy atom. The molecular weight excluding hydrogens is 474 g/mol. The first-order valence-corrected chi connectivity index (χ1v) is 11.5. The van der Waals surface area contributed by atoms with Gasteiger partial charge in [0, 0.05) is 22.8 Å². The summed E-state index contributed by atoms with van der Waals surface area (Å²) in [4.78, 5) is 29.3. The third kappa shape index (κ3) is 5.93. The zero-order chi connectivity index (χ0) is 24.9. The molecule has 0 amide bonds. The maximum absolute atomic E-state index is 12.6. The van der Waals surface area contributed by atoms with Gasteiger partial charge in [-0.25, -0.2) is 9.59 Å². The first-order valence-electron chi connectivity index (χ1n) is 11.2. The van der Waals surface area contributed by atoms with Gasteiger partial charge in [-0.3, -0.25) is 4.68 Å². The van der Waals surface area contributed by atoms with Crippen LogP contribution in [0.3, 0.4) is 0 Å². The number of carboxylic acids is 1. The average molecular weight is 500 g/mol. The molecule has 0 fully saturated rings. The van der Waals surface area contributed by atoms with Crippen LogP contribution in [0.1, 0.15) is 34.1 Å². The summed E-state index contributed by atoms with van der Waals surface area (Å²) in [6, 6.07) is 14.1. The Kier molecular flexibility index (Phi) is 7.57. The molecular formula is C25H26ClN3O6. The van der Waals surface area contributed by atoms with Gasteiger partial charge in [-0.15, -0.1) is 5.06 Å². The standard InChI is InChI=1S/C25H26ClN3O6/c1-16-13-17(2)28(27-16)11-12-33-25(32)35-29-10-9-18-5-3-4-6-20(18)24(29)21-14-19(26)7-8-22(21)34-15-23(30)31/h3-8,13-14,24H,9-12,15H2,1-2H3,(H,30,31)/t24-/m0/s1. The van der Waals surface area contributed by atoms with Crippen molar-refractivity contribution in [1.29, 1.82) is 0 Å². The number of ether oxygens (including phenoxy) is 2. The van der Waals surface area contributed by atoms with Crippen molar-refractivity contribution in [3.05, 3.63) is 81.6 Å². The highest BCUT2D eigenvalue weighted by molar-refractivity contribution is 6.30. The zero-order valence-electron chi connectivity index (χ0n) is 19.4. The lowest BCUT2D eigenvalue weighted by Gasteiger charge is -2.36. The normalized spacial score (nSPS) is 15.3. The number of aliphatic carboxylic acids is 1. The number of aromatic nitrogens is 2. The molecule has 2 heterocycles. The molecule has 2 aromatic carbocycles. The van der Waals surface area contributed by atoms with Gasteiger partial charge in [0.2, 0.25) is 0 Å². The molecule has 4 rings (SSSR count). The van der Waals surface area contributed by atoms with E-state index in [9.17, 15) is 9.59 Å². The predicted octanol–water partition coefficient (Wildman–Crippen LogP) is 4.33. The molecule has 1 aliphatic heterocycles. The van der Waals surface area contributed by atoms with E-state index in [1.165, 1.54) is 5.06 Å². The van der Waals surface area contributed by atoms with Gasteiger partial charge in [0.25, 0.3) is 0 Å². The lowest BCUT2D eigenvalue weighted by atomic mass is 9.89. The number of carboxylic acid groups (broad SMARTS) is 1. The van der Waals surface area contributed by atoms with Crippen molar-refractivity contribution < 1.29 is 29.0 Å². The van der Waals surface area contributed by atoms with Crippen LogP contribution < -0.4 is 4.74 Å². The van der Waals surface area contributed by atoms with Crippen LogP contribution in [0, 0.1) is 13.8 Å². The first kappa shape index (κ1) is 24.6. The van der Waals surface area contributed by atoms with Crippen LogP contribution in [0.15, 0.2) is 48.5 Å². The summed E-state index contributed by atoms with van der Waals surface area (Å²) < 4.78 is 12.6. The van der Waals surface area contributed by atoms with Gasteiger partial charge in [0.05, 0.1) is 18.3 Å². The Morgan fingerprint density at radius 1 is 1.14 bits per heavy atom. The van der Waals surface area contributed by atoms with E-state index in [2.05, 4.69) is 5.10 Å². The van der Waals surface area contributed by atoms with Crippen LogP contribution in [0.5, 0.6) is 5.75 Å². The maximum Gasteiger partial charge on any atom is 0.528 e. The van der Waals surface area contributed by atoms with Crippen molar-refractivity contribution >= 4 is 23.7 Å². The molecule has 1 aliphatic rings. The minimum Gasteiger partial charge on any atom is -0.482 e. The van der Waals surface area contributed by atoms with Crippen molar-refractivity contribution in [3.8, 4) is 5.75 Å². The number of halogens is 1. The van der Waals surface area contributed by atoms with Gasteiger partial charge in [-0.1, -0.05) is 35.9 Å². The number of hydroxylamine groups is 2. The minimum absolute atomic E-state index is 0.0972. The number of hydrogen-bond donors (Lipinski definition) is 1. The topological polar surface area (TPSA) is 103 Å². The van der Waals surface area contributed by atoms with Crippen LogP contribution in [0.4, 0.5) is 4.79 Å². The molecule has 0 aliphatic carbocycles. The molecule has 9 nitrogen and oxygen atoms in total. The van der Waals surface area contributed by atoms with E-state index < -0.39 is 24.8 Å². The van der Waals surface area contributed by atoms with Crippen LogP contribution in [0.2, 0.25) is 5.02 Å². The number of carbonyl (C=O) groups is 2. The van der Waals surface area contributed by atoms with Gasteiger partial charge >= 0.3 is 12.1 Å². The number of carbonyl (C=O) groups excluding carboxylic acids is 1. The van der Waals surface area contributed by atoms with E-state index >= 15 is 0 Å². The zero-order valence-corrected chi connectivity index (χ0v) is 20.2. The molecule has 0 radical (unpaired) electrons. The highest BCUT2D eigenvalue weighted by atomic mass is 35.5. The third-order valence-corrected chi connectivity index (χ3v) is 5.91. The van der Waals surface area contributed by atoms with Crippen molar-refractivity contribution in [1.82, 2.24) is 14.8 Å². The van der Waals surface area contributed by atoms with Gasteiger partial charge in [0.15, 0.2) is 6.61 Å². The molecule has 1 atom stereocenters. The summed E-state index contributed by atoms with van der Waals surface area (Å²) >= 11 is 6.29. The SMILES string of the molecule is Cc1cc(C)n(CCOC(=O)ON2CCc3ccccc3[C@H]2c2cc(Cl)ccc2OCC(=O)O)n1. The second kappa shape index (κ2) is 10.8. The molecule has 10 heteroatoms. The second-order valence-corrected chi connectivity index (χ2v) is 8.63. The first-order chi connectivity index (χ1) is 16.8. The number of benzene rings is 2. The van der Waals surface area contributed by atoms with E-state index in [1.807, 2.05) is 44.2 Å². The molecule has 3 aromatic rings. The molecule has 0 saturated carbocycles. The van der Waals surface area contributed by atoms with E-state index in [-0.39, 0.29) is 6.61 Å². The monoisotopic (exact) mass is 499 g/mol. The number of fused-ring (bicyclic) bond motifs is 1. The molecule has 1 aromatic heterocycles. The summed E-state index contributed by atoms with van der Waals surface area (Å²) in [5.41, 5.74) is 4.43. The summed E-state index contributed by atoms with van der Waals surface area (Å²) in [5.74, 6) is -0.765. The van der Waals surface area contributed by atoms with Crippen LogP contribution in [0.25, 0.3) is 0 Å². The summed E-state index contributed by atoms with van der Waals surface area (Å²) in [6.07, 6.45) is -0.191. The van der Waals surface area contributed by atoms with E-state index in [0.717, 1.165) is 22.5 Å². The summed E-state index contributed by atoms with van der Waals surface area (Å²) in [5, 5.41) is 15.4. The molecule has 0 saturated heterocycles. The van der Waals surface area contributed by atoms with Crippen LogP contribution in [-0.2, 0) is 27.3 Å². The van der Waals surface area contributed by atoms with Crippen molar-refractivity contribution in [3.63, 3.8) is 0 Å². The minimum atomic E-state index is -1.10. The molecule has 35 heavy (non-hydrogen) atoms. The fraction of sp³-hybridized carbons (Fsp3) is 0.320. The molecule has 0 bridgehead atoms. The number of rotatable bonds is 8. The maximum atomic E-state index is 12.6. The van der Waals surface area contributed by atoms with Gasteiger partial charge in [-0.05, 0) is 55.7 Å². The fourth-order valence-electron chi connectivity index (χ4n) is 4.21. The van der Waals surface area contributed by atoms with Crippen LogP contribution >= 0.6 is 11.6 Å². The molecule has 184 valence electrons. The van der Waals surface area contributed by atoms with Crippen molar-refractivity contribution in [2.45, 2.75) is 32.9 Å². The third-order valence-electron chi connectivity index (χ3n) is 5.67. The number of nitrogens with zero attached hydrogens (tertiary/aromatic N) is 3. The van der Waals surface area contributed by atoms with Crippen molar-refractivity contribution in [2.75, 3.05) is 19.8 Å². The largest absolute Gasteiger partial charge is 0.528 e. The smallest absolute Gasteiger partial charge is 0.482 e. The highest BCUT2D eigenvalue weighted by Crippen LogP contribution is 2.40. The summed E-state index contributed by atoms with van der Waals surface area (Å²) in [7, 11) is 0. The lowest BCUT2D eigenvalue weighted by molar-refractivity contribution is -0.151. The van der Waals surface area contributed by atoms with Gasteiger partial charge < -0.3 is 19.4 Å². The van der Waals surface area contributed by atoms with Gasteiger partial charge in [0.1, 0.15) is 12.4 Å². The lowest BCUT2D eigenvalue weighted by Crippen LogP contribution is -2.38. The molecule has 0 spiro atoms. The Balaban J connectivity index is 1.55. The second-order valence-electron chi connectivity index (χ2n) is 8.20. The quantitative estimate of drug-likeness (QED) is 0.457. The van der Waals surface area contributed by atoms with E-state index in [4.69, 9.17) is 31.0 Å². The number of hydrogen-bond acceptors (Lipinski definition) is 7. The Morgan fingerprint density at radius 2 is 1.94 bits per heavy atom. The van der Waals surface area contributed by atoms with Crippen LogP contribution in [-0.4, -0.2) is 51.8 Å². The van der Waals surface area contributed by atoms with E-state index in [1.54, 1.807) is 22.9 Å².